The van der Waals surface area contributed by atoms with Crippen molar-refractivity contribution in [1.82, 2.24) is 9.80 Å². The Bertz CT molecular complexity index is 4210. The summed E-state index contributed by atoms with van der Waals surface area (Å²) in [6.45, 7) is 24.5. The van der Waals surface area contributed by atoms with Gasteiger partial charge in [0, 0.05) is 70.5 Å². The minimum absolute atomic E-state index is 0. The van der Waals surface area contributed by atoms with E-state index in [0.29, 0.717) is 17.9 Å². The number of nitrogens with zero attached hydrogens (tertiary/aromatic N) is 3. The number of benzene rings is 6. The molecule has 0 amide bonds. The van der Waals surface area contributed by atoms with E-state index < -0.39 is 0 Å². The van der Waals surface area contributed by atoms with Crippen molar-refractivity contribution in [1.29, 1.82) is 0 Å². The number of pyridine rings is 1. The number of aromatic nitrogens is 1. The second-order valence-corrected chi connectivity index (χ2v) is 23.1. The first-order valence-electron chi connectivity index (χ1n) is 30.5. The van der Waals surface area contributed by atoms with Crippen LogP contribution in [0.25, 0.3) is 45.1 Å². The number of rotatable bonds is 13. The molecule has 526 valence electrons. The van der Waals surface area contributed by atoms with Crippen LogP contribution >= 0.6 is 0 Å². The Morgan fingerprint density at radius 1 is 0.596 bits per heavy atom. The van der Waals surface area contributed by atoms with Crippen LogP contribution in [0.15, 0.2) is 123 Å². The number of aryl methyl sites for hydroxylation is 2. The zero-order chi connectivity index (χ0) is 63.8. The number of ether oxygens (including phenoxy) is 12. The Morgan fingerprint density at radius 3 is 1.58 bits per heavy atom. The van der Waals surface area contributed by atoms with Crippen LogP contribution in [-0.4, -0.2) is 115 Å². The van der Waals surface area contributed by atoms with E-state index in [0.717, 1.165) is 159 Å². The maximum absolute atomic E-state index is 12.2. The van der Waals surface area contributed by atoms with E-state index in [4.69, 9.17) is 56.8 Å². The molecule has 9 heterocycles. The van der Waals surface area contributed by atoms with E-state index in [9.17, 15) is 4.79 Å². The largest absolute Gasteiger partial charge is 2.00 e. The molecule has 0 saturated carbocycles. The van der Waals surface area contributed by atoms with E-state index in [1.165, 1.54) is 50.3 Å². The first kappa shape index (κ1) is 83.0. The SMILES string of the molecule is C.C.C.C.C.C=CCC1=C2c3cc4c(cc3CCN2C(C(=C)C)c2c1ccc(OC)c2OC)OCO4.C=CCc1c2[n+](cc3c(OC)c(OC)ccc13)CCc1cc3c(cc1-2)OCO3.C=[C-]C.COc1ccc2c(c1OC)C(CC(C)=O)N1CCc3cc4c(cc3C1=C2)OCO4.[Br-].[Cl-].[Mg+2]. The molecule has 1 aromatic heterocycles. The molecular formula is C80H97BrClMgN3O13. The quantitative estimate of drug-likeness (QED) is 0.0468. The molecule has 15 rings (SSSR count). The number of carbonyl (C=O) groups is 1. The molecule has 0 radical (unpaired) electrons. The van der Waals surface area contributed by atoms with E-state index in [2.05, 4.69) is 114 Å². The van der Waals surface area contributed by atoms with Crippen molar-refractivity contribution in [3.63, 3.8) is 0 Å². The normalized spacial score (nSPS) is 15.1. The number of hydrogen-bond acceptors (Lipinski definition) is 15. The Kier molecular flexibility index (Phi) is 29.8. The van der Waals surface area contributed by atoms with Gasteiger partial charge in [0.2, 0.25) is 26.1 Å². The molecule has 0 N–H and O–H groups in total. The van der Waals surface area contributed by atoms with Crippen molar-refractivity contribution in [2.75, 3.05) is 76.1 Å². The van der Waals surface area contributed by atoms with Gasteiger partial charge in [-0.2, -0.15) is 11.5 Å². The van der Waals surface area contributed by atoms with Crippen molar-refractivity contribution in [2.24, 2.45) is 0 Å². The number of halogens is 2. The molecule has 8 aliphatic rings. The molecule has 16 nitrogen and oxygen atoms in total. The third kappa shape index (κ3) is 15.1. The molecule has 0 saturated heterocycles. The zero-order valence-electron chi connectivity index (χ0n) is 54.8. The van der Waals surface area contributed by atoms with E-state index >= 15 is 0 Å². The first-order valence-corrected chi connectivity index (χ1v) is 30.5. The number of methoxy groups -OCH3 is 6. The van der Waals surface area contributed by atoms with Crippen LogP contribution in [0, 0.1) is 6.08 Å². The molecular weight excluding hydrogens is 1350 g/mol. The molecule has 0 aliphatic carbocycles. The van der Waals surface area contributed by atoms with Gasteiger partial charge in [0.1, 0.15) is 5.78 Å². The van der Waals surface area contributed by atoms with Crippen LogP contribution < -0.4 is 90.8 Å². The van der Waals surface area contributed by atoms with Crippen LogP contribution in [0.3, 0.4) is 0 Å². The molecule has 0 bridgehead atoms. The van der Waals surface area contributed by atoms with Gasteiger partial charge < -0.3 is 102 Å². The Labute approximate surface area is 620 Å². The summed E-state index contributed by atoms with van der Waals surface area (Å²) in [6, 6.07) is 24.7. The van der Waals surface area contributed by atoms with Crippen molar-refractivity contribution >= 4 is 62.7 Å². The maximum Gasteiger partial charge on any atom is 2.00 e. The van der Waals surface area contributed by atoms with Crippen molar-refractivity contribution in [2.45, 2.75) is 115 Å². The minimum atomic E-state index is -0.105. The predicted molar refractivity (Wildman–Crippen MR) is 390 cm³/mol. The summed E-state index contributed by atoms with van der Waals surface area (Å²) in [5.74, 6) is 9.37. The summed E-state index contributed by atoms with van der Waals surface area (Å²) in [4.78, 5) is 17.0. The molecule has 2 atom stereocenters. The number of allylic oxidation sites excluding steroid dienone is 4. The molecule has 2 unspecified atom stereocenters. The average molecular weight is 1450 g/mol. The minimum Gasteiger partial charge on any atom is -1.00 e. The van der Waals surface area contributed by atoms with Crippen molar-refractivity contribution < 1.29 is 95.6 Å². The fourth-order valence-electron chi connectivity index (χ4n) is 14.2. The molecule has 99 heavy (non-hydrogen) atoms. The molecule has 7 aromatic rings. The van der Waals surface area contributed by atoms with E-state index in [1.807, 2.05) is 36.4 Å². The molecule has 6 aromatic carbocycles. The van der Waals surface area contributed by atoms with Gasteiger partial charge in [-0.3, -0.25) is 11.4 Å². The smallest absolute Gasteiger partial charge is 1.00 e. The van der Waals surface area contributed by atoms with Crippen LogP contribution in [0.5, 0.6) is 69.0 Å². The van der Waals surface area contributed by atoms with Gasteiger partial charge in [0.25, 0.3) is 0 Å². The van der Waals surface area contributed by atoms with E-state index in [1.54, 1.807) is 56.5 Å². The first-order chi connectivity index (χ1) is 44.3. The Balaban J connectivity index is 0.000000297. The predicted octanol–water partition coefficient (Wildman–Crippen LogP) is 10.8. The van der Waals surface area contributed by atoms with Crippen LogP contribution in [0.2, 0.25) is 0 Å². The summed E-state index contributed by atoms with van der Waals surface area (Å²) in [6.07, 6.45) is 15.4. The van der Waals surface area contributed by atoms with Gasteiger partial charge >= 0.3 is 23.1 Å². The monoisotopic (exact) mass is 1450 g/mol. The molecule has 0 spiro atoms. The number of Topliss-reactive ketones (excluding diaryl/α,β-unsaturated/α-hetero) is 1. The average Bonchev–Trinajstić information content (AvgIpc) is 1.26. The zero-order valence-corrected chi connectivity index (χ0v) is 58.6. The summed E-state index contributed by atoms with van der Waals surface area (Å²) in [7, 11) is 10.0. The second-order valence-electron chi connectivity index (χ2n) is 23.1. The fourth-order valence-corrected chi connectivity index (χ4v) is 14.2. The number of carbonyl (C=O) groups excluding carboxylic acids is 1. The Hall–Kier alpha value is -8.42. The number of hydrogen-bond donors (Lipinski definition) is 0. The number of fused-ring (bicyclic) bond motifs is 15. The number of ketones is 1. The van der Waals surface area contributed by atoms with Gasteiger partial charge in [-0.25, -0.2) is 0 Å². The summed E-state index contributed by atoms with van der Waals surface area (Å²) in [5.41, 5.74) is 18.7. The summed E-state index contributed by atoms with van der Waals surface area (Å²) in [5, 5.41) is 2.20. The maximum atomic E-state index is 12.2. The Morgan fingerprint density at radius 2 is 1.06 bits per heavy atom. The molecule has 0 fully saturated rings. The van der Waals surface area contributed by atoms with Crippen molar-refractivity contribution in [3.8, 4) is 80.3 Å². The van der Waals surface area contributed by atoms with Crippen LogP contribution in [0.1, 0.15) is 138 Å². The fraction of sp³-hybridized carbons (Fsp3) is 0.350. The van der Waals surface area contributed by atoms with Gasteiger partial charge in [-0.15, -0.1) is 13.2 Å². The van der Waals surface area contributed by atoms with Gasteiger partial charge in [0.05, 0.1) is 65.7 Å². The summed E-state index contributed by atoms with van der Waals surface area (Å²) >= 11 is 0. The third-order valence-corrected chi connectivity index (χ3v) is 17.9. The molecule has 19 heteroatoms. The van der Waals surface area contributed by atoms with E-state index in [-0.39, 0.29) is 128 Å². The topological polar surface area (TPSA) is 138 Å². The van der Waals surface area contributed by atoms with Gasteiger partial charge in [0.15, 0.2) is 81.7 Å². The standard InChI is InChI=1S/C26H27NO4.C23H23NO5.C23H22NO4.C3H5.5CH4.BrH.ClH.Mg/c1-6-7-18-17-8-9-20(28-4)26(29-5)23(17)24(15(2)3)27-11-10-16-12-21-22(31-14-30-21)13-19(16)25(18)27;1-13(25)8-18-22-15(4-5-19(26-2)23(22)27-3)9-17-16-11-21-20(28-12-29-21)10-14(16)6-7-24(17)18;1-4-5-16-15-6-7-19(25-2)23(26-3)18(15)12-24-9-8-14-10-20-21(28-13-27-20)11-17(14)22(16)24;1-3-2;;;;;;;;/h6,8-9,12-13,24H,1-2,7,10-11,14H2,3-5H3;4-5,9-11,18H,6-8,12H2,1-3H3;4,6-7,10-12H,1,5,8-9,13H2,2-3H3;1H2,2H3;5*1H4;2*1H;/q;;+1;-1;;;;;;;;+2/p-2. The van der Waals surface area contributed by atoms with Crippen LogP contribution in [0.4, 0.5) is 0 Å². The summed E-state index contributed by atoms with van der Waals surface area (Å²) < 4.78 is 70.0. The molecule has 8 aliphatic heterocycles. The van der Waals surface area contributed by atoms with Gasteiger partial charge in [-0.05, 0) is 140 Å². The van der Waals surface area contributed by atoms with Crippen molar-refractivity contribution in [3.05, 3.63) is 185 Å². The second kappa shape index (κ2) is 35.6. The third-order valence-electron chi connectivity index (χ3n) is 17.9. The van der Waals surface area contributed by atoms with Crippen LogP contribution in [-0.2, 0) is 37.0 Å². The van der Waals surface area contributed by atoms with Gasteiger partial charge in [-0.1, -0.05) is 73.6 Å².